The van der Waals surface area contributed by atoms with Gasteiger partial charge in [-0.2, -0.15) is 0 Å². The number of aromatic nitrogens is 4. The Kier molecular flexibility index (Phi) is 5.71. The van der Waals surface area contributed by atoms with E-state index in [0.29, 0.717) is 30.9 Å². The quantitative estimate of drug-likeness (QED) is 0.494. The summed E-state index contributed by atoms with van der Waals surface area (Å²) < 4.78 is 16.5. The van der Waals surface area contributed by atoms with Crippen LogP contribution >= 0.6 is 11.3 Å². The molecule has 4 aromatic rings. The number of nitrogens with zero attached hydrogens (tertiary/aromatic N) is 4. The van der Waals surface area contributed by atoms with Gasteiger partial charge in [-0.1, -0.05) is 19.1 Å². The second-order valence-electron chi connectivity index (χ2n) is 7.13. The highest BCUT2D eigenvalue weighted by Crippen LogP contribution is 2.13. The van der Waals surface area contributed by atoms with Crippen LogP contribution in [0.2, 0.25) is 0 Å². The molecule has 0 aliphatic heterocycles. The number of amides is 1. The fourth-order valence-electron chi connectivity index (χ4n) is 3.27. The predicted molar refractivity (Wildman–Crippen MR) is 112 cm³/mol. The summed E-state index contributed by atoms with van der Waals surface area (Å²) in [6.45, 7) is 2.48. The summed E-state index contributed by atoms with van der Waals surface area (Å²) in [6, 6.07) is 9.73. The van der Waals surface area contributed by atoms with Crippen molar-refractivity contribution in [3.8, 4) is 5.69 Å². The summed E-state index contributed by atoms with van der Waals surface area (Å²) in [6.07, 6.45) is 4.09. The van der Waals surface area contributed by atoms with Gasteiger partial charge in [-0.15, -0.1) is 21.5 Å². The van der Waals surface area contributed by atoms with Crippen molar-refractivity contribution in [2.75, 3.05) is 0 Å². The van der Waals surface area contributed by atoms with E-state index in [1.165, 1.54) is 16.7 Å². The van der Waals surface area contributed by atoms with Crippen molar-refractivity contribution in [1.29, 1.82) is 0 Å². The number of carbonyl (C=O) groups excluding carboxylic acids is 1. The third-order valence-corrected chi connectivity index (χ3v) is 5.61. The Labute approximate surface area is 175 Å². The molecular weight excluding hydrogens is 405 g/mol. The van der Waals surface area contributed by atoms with Gasteiger partial charge in [-0.3, -0.25) is 18.6 Å². The maximum Gasteiger partial charge on any atom is 0.300 e. The average molecular weight is 425 g/mol. The highest BCUT2D eigenvalue weighted by Gasteiger charge is 2.16. The lowest BCUT2D eigenvalue weighted by Gasteiger charge is -2.11. The second kappa shape index (κ2) is 8.58. The molecule has 1 atom stereocenters. The van der Waals surface area contributed by atoms with Crippen LogP contribution in [0.1, 0.15) is 24.0 Å². The molecular formula is C21H20FN5O2S. The van der Waals surface area contributed by atoms with Crippen LogP contribution in [0.3, 0.4) is 0 Å². The normalized spacial score (nSPS) is 12.2. The van der Waals surface area contributed by atoms with Crippen LogP contribution in [0.5, 0.6) is 0 Å². The van der Waals surface area contributed by atoms with E-state index in [1.807, 2.05) is 24.4 Å². The van der Waals surface area contributed by atoms with Crippen LogP contribution in [0, 0.1) is 11.7 Å². The van der Waals surface area contributed by atoms with Crippen LogP contribution in [-0.2, 0) is 17.8 Å². The predicted octanol–water partition coefficient (Wildman–Crippen LogP) is 2.97. The van der Waals surface area contributed by atoms with Crippen LogP contribution in [0.4, 0.5) is 4.39 Å². The molecule has 1 aromatic carbocycles. The standard InChI is InChI=1S/C21H20FN5O2S/c1-14(11-19(28)23-13-17-6-3-9-30-17)10-18-24-25-20-21(29)26(7-8-27(18)20)16-5-2-4-15(22)12-16/h2-9,12,14H,10-11,13H2,1H3,(H,23,28)/t14-/m1/s1. The minimum atomic E-state index is -0.424. The van der Waals surface area contributed by atoms with Crippen molar-refractivity contribution in [1.82, 2.24) is 24.5 Å². The van der Waals surface area contributed by atoms with Crippen molar-refractivity contribution in [2.24, 2.45) is 5.92 Å². The lowest BCUT2D eigenvalue weighted by atomic mass is 10.0. The number of carbonyl (C=O) groups is 1. The lowest BCUT2D eigenvalue weighted by Crippen LogP contribution is -2.25. The molecule has 0 aliphatic carbocycles. The van der Waals surface area contributed by atoms with Crippen molar-refractivity contribution in [3.63, 3.8) is 0 Å². The number of thiophene rings is 1. The monoisotopic (exact) mass is 425 g/mol. The maximum atomic E-state index is 13.5. The van der Waals surface area contributed by atoms with E-state index < -0.39 is 5.82 Å². The van der Waals surface area contributed by atoms with Gasteiger partial charge in [0.05, 0.1) is 12.2 Å². The molecule has 0 spiro atoms. The molecule has 7 nitrogen and oxygen atoms in total. The van der Waals surface area contributed by atoms with E-state index in [-0.39, 0.29) is 23.0 Å². The third kappa shape index (κ3) is 4.30. The van der Waals surface area contributed by atoms with Gasteiger partial charge in [0.25, 0.3) is 0 Å². The van der Waals surface area contributed by atoms with Gasteiger partial charge in [0.1, 0.15) is 11.6 Å². The molecule has 30 heavy (non-hydrogen) atoms. The fourth-order valence-corrected chi connectivity index (χ4v) is 3.92. The molecule has 0 saturated carbocycles. The molecule has 3 aromatic heterocycles. The number of benzene rings is 1. The summed E-state index contributed by atoms with van der Waals surface area (Å²) in [5.41, 5.74) is 0.192. The largest absolute Gasteiger partial charge is 0.351 e. The summed E-state index contributed by atoms with van der Waals surface area (Å²) >= 11 is 1.60. The van der Waals surface area contributed by atoms with E-state index >= 15 is 0 Å². The first kappa shape index (κ1) is 20.0. The van der Waals surface area contributed by atoms with Gasteiger partial charge in [0.2, 0.25) is 11.6 Å². The van der Waals surface area contributed by atoms with E-state index in [0.717, 1.165) is 4.88 Å². The zero-order chi connectivity index (χ0) is 21.1. The van der Waals surface area contributed by atoms with E-state index in [2.05, 4.69) is 15.5 Å². The van der Waals surface area contributed by atoms with E-state index in [9.17, 15) is 14.0 Å². The van der Waals surface area contributed by atoms with Gasteiger partial charge in [-0.05, 0) is 35.6 Å². The smallest absolute Gasteiger partial charge is 0.300 e. The minimum absolute atomic E-state index is 0.0198. The van der Waals surface area contributed by atoms with Gasteiger partial charge in [0.15, 0.2) is 0 Å². The molecule has 3 heterocycles. The summed E-state index contributed by atoms with van der Waals surface area (Å²) in [7, 11) is 0. The summed E-state index contributed by atoms with van der Waals surface area (Å²) in [5, 5.41) is 13.0. The number of nitrogens with one attached hydrogen (secondary N) is 1. The zero-order valence-corrected chi connectivity index (χ0v) is 17.1. The molecule has 0 radical (unpaired) electrons. The van der Waals surface area contributed by atoms with Crippen LogP contribution in [0.25, 0.3) is 11.3 Å². The van der Waals surface area contributed by atoms with Crippen LogP contribution in [-0.4, -0.2) is 25.1 Å². The number of rotatable bonds is 7. The Hall–Kier alpha value is -3.33. The fraction of sp³-hybridized carbons (Fsp3) is 0.238. The zero-order valence-electron chi connectivity index (χ0n) is 16.3. The Morgan fingerprint density at radius 2 is 2.10 bits per heavy atom. The van der Waals surface area contributed by atoms with Gasteiger partial charge < -0.3 is 5.32 Å². The Morgan fingerprint density at radius 3 is 2.87 bits per heavy atom. The first-order chi connectivity index (χ1) is 14.5. The Balaban J connectivity index is 1.46. The minimum Gasteiger partial charge on any atom is -0.351 e. The van der Waals surface area contributed by atoms with E-state index in [4.69, 9.17) is 0 Å². The topological polar surface area (TPSA) is 81.3 Å². The van der Waals surface area contributed by atoms with Gasteiger partial charge >= 0.3 is 5.56 Å². The Morgan fingerprint density at radius 1 is 1.23 bits per heavy atom. The molecule has 4 rings (SSSR count). The maximum absolute atomic E-state index is 13.5. The molecule has 154 valence electrons. The van der Waals surface area contributed by atoms with Crippen molar-refractivity contribution < 1.29 is 9.18 Å². The number of halogens is 1. The van der Waals surface area contributed by atoms with Crippen molar-refractivity contribution >= 4 is 22.9 Å². The lowest BCUT2D eigenvalue weighted by molar-refractivity contribution is -0.122. The Bertz CT molecular complexity index is 1230. The summed E-state index contributed by atoms with van der Waals surface area (Å²) in [5.74, 6) is 0.171. The number of fused-ring (bicyclic) bond motifs is 1. The van der Waals surface area contributed by atoms with Crippen LogP contribution in [0.15, 0.2) is 59.0 Å². The first-order valence-electron chi connectivity index (χ1n) is 9.51. The number of hydrogen-bond acceptors (Lipinski definition) is 5. The third-order valence-electron chi connectivity index (χ3n) is 4.73. The second-order valence-corrected chi connectivity index (χ2v) is 8.16. The molecule has 1 N–H and O–H groups in total. The molecule has 9 heteroatoms. The molecule has 0 aliphatic rings. The van der Waals surface area contributed by atoms with E-state index in [1.54, 1.807) is 40.3 Å². The summed E-state index contributed by atoms with van der Waals surface area (Å²) in [4.78, 5) is 26.1. The van der Waals surface area contributed by atoms with Crippen LogP contribution < -0.4 is 10.9 Å². The molecule has 0 unspecified atom stereocenters. The highest BCUT2D eigenvalue weighted by atomic mass is 32.1. The molecule has 1 amide bonds. The van der Waals surface area contributed by atoms with Crippen molar-refractivity contribution in [2.45, 2.75) is 26.3 Å². The van der Waals surface area contributed by atoms with Gasteiger partial charge in [0, 0.05) is 30.1 Å². The average Bonchev–Trinajstić information content (AvgIpc) is 3.37. The number of hydrogen-bond donors (Lipinski definition) is 1. The highest BCUT2D eigenvalue weighted by molar-refractivity contribution is 7.09. The molecule has 0 saturated heterocycles. The molecule has 0 fully saturated rings. The van der Waals surface area contributed by atoms with Gasteiger partial charge in [-0.25, -0.2) is 4.39 Å². The van der Waals surface area contributed by atoms with Crippen molar-refractivity contribution in [3.05, 3.63) is 81.0 Å². The first-order valence-corrected chi connectivity index (χ1v) is 10.4. The SMILES string of the molecule is C[C@@H](CC(=O)NCc1cccs1)Cc1nnc2c(=O)n(-c3cccc(F)c3)ccn12. The molecule has 0 bridgehead atoms.